The molecule has 0 saturated carbocycles. The Kier molecular flexibility index (Phi) is 8.20. The first-order valence-corrected chi connectivity index (χ1v) is 11.2. The summed E-state index contributed by atoms with van der Waals surface area (Å²) in [5.74, 6) is -0.921. The minimum absolute atomic E-state index is 0.0268. The van der Waals surface area contributed by atoms with Gasteiger partial charge in [0.05, 0.1) is 31.1 Å². The highest BCUT2D eigenvalue weighted by Crippen LogP contribution is 2.26. The molecule has 2 aromatic carbocycles. The average Bonchev–Trinajstić information content (AvgIpc) is 3.24. The van der Waals surface area contributed by atoms with Crippen molar-refractivity contribution in [2.24, 2.45) is 0 Å². The number of carbonyl (C=O) groups is 3. The van der Waals surface area contributed by atoms with E-state index in [1.165, 1.54) is 44.2 Å². The quantitative estimate of drug-likeness (QED) is 0.280. The molecule has 1 aromatic heterocycles. The van der Waals surface area contributed by atoms with Gasteiger partial charge in [0.25, 0.3) is 0 Å². The monoisotopic (exact) mass is 480 g/mol. The van der Waals surface area contributed by atoms with E-state index in [0.29, 0.717) is 17.5 Å². The Morgan fingerprint density at radius 3 is 2.29 bits per heavy atom. The topological polar surface area (TPSA) is 112 Å². The predicted molar refractivity (Wildman–Crippen MR) is 129 cm³/mol. The lowest BCUT2D eigenvalue weighted by molar-refractivity contribution is -0.113. The van der Waals surface area contributed by atoms with Gasteiger partial charge in [-0.25, -0.2) is 9.59 Å². The van der Waals surface area contributed by atoms with Crippen molar-refractivity contribution < 1.29 is 23.9 Å². The fourth-order valence-corrected chi connectivity index (χ4v) is 3.96. The van der Waals surface area contributed by atoms with Gasteiger partial charge in [0.2, 0.25) is 5.91 Å². The van der Waals surface area contributed by atoms with Crippen molar-refractivity contribution in [3.8, 4) is 11.4 Å². The summed E-state index contributed by atoms with van der Waals surface area (Å²) in [6, 6.07) is 12.0. The maximum atomic E-state index is 12.6. The lowest BCUT2D eigenvalue weighted by atomic mass is 10.1. The van der Waals surface area contributed by atoms with E-state index >= 15 is 0 Å². The van der Waals surface area contributed by atoms with E-state index in [9.17, 15) is 14.4 Å². The summed E-state index contributed by atoms with van der Waals surface area (Å²) in [7, 11) is 2.46. The van der Waals surface area contributed by atoms with E-state index in [0.717, 1.165) is 11.1 Å². The van der Waals surface area contributed by atoms with E-state index in [2.05, 4.69) is 22.1 Å². The normalized spacial score (nSPS) is 10.4. The minimum atomic E-state index is -0.642. The molecule has 10 heteroatoms. The van der Waals surface area contributed by atoms with Crippen molar-refractivity contribution in [3.63, 3.8) is 0 Å². The highest BCUT2D eigenvalue weighted by Gasteiger charge is 2.18. The molecule has 0 spiro atoms. The van der Waals surface area contributed by atoms with Crippen LogP contribution in [0.15, 0.2) is 60.3 Å². The number of aromatic nitrogens is 3. The zero-order chi connectivity index (χ0) is 24.7. The second kappa shape index (κ2) is 11.3. The Hall–Kier alpha value is -3.92. The van der Waals surface area contributed by atoms with Crippen LogP contribution in [0, 0.1) is 6.92 Å². The van der Waals surface area contributed by atoms with Crippen LogP contribution < -0.4 is 5.32 Å². The first-order valence-electron chi connectivity index (χ1n) is 10.2. The van der Waals surface area contributed by atoms with Crippen molar-refractivity contribution in [1.82, 2.24) is 14.8 Å². The molecule has 0 bridgehead atoms. The van der Waals surface area contributed by atoms with Gasteiger partial charge in [-0.05, 0) is 30.7 Å². The van der Waals surface area contributed by atoms with E-state index in [4.69, 9.17) is 9.47 Å². The van der Waals surface area contributed by atoms with Crippen LogP contribution in [0.4, 0.5) is 5.69 Å². The number of benzene rings is 2. The largest absolute Gasteiger partial charge is 0.465 e. The summed E-state index contributed by atoms with van der Waals surface area (Å²) >= 11 is 1.21. The third-order valence-electron chi connectivity index (χ3n) is 4.81. The molecule has 0 saturated heterocycles. The van der Waals surface area contributed by atoms with Crippen LogP contribution >= 0.6 is 11.8 Å². The first-order chi connectivity index (χ1) is 16.4. The third kappa shape index (κ3) is 5.70. The molecule has 9 nitrogen and oxygen atoms in total. The van der Waals surface area contributed by atoms with Gasteiger partial charge in [-0.2, -0.15) is 0 Å². The Morgan fingerprint density at radius 1 is 1.06 bits per heavy atom. The highest BCUT2D eigenvalue weighted by molar-refractivity contribution is 7.99. The Labute approximate surface area is 201 Å². The third-order valence-corrected chi connectivity index (χ3v) is 5.77. The smallest absolute Gasteiger partial charge is 0.337 e. The highest BCUT2D eigenvalue weighted by atomic mass is 32.2. The van der Waals surface area contributed by atoms with E-state index < -0.39 is 11.9 Å². The van der Waals surface area contributed by atoms with E-state index in [-0.39, 0.29) is 28.5 Å². The molecule has 3 aromatic rings. The minimum Gasteiger partial charge on any atom is -0.465 e. The molecule has 0 unspecified atom stereocenters. The molecule has 0 radical (unpaired) electrons. The van der Waals surface area contributed by atoms with Crippen LogP contribution in [0.25, 0.3) is 11.4 Å². The van der Waals surface area contributed by atoms with Crippen LogP contribution in [-0.4, -0.2) is 52.6 Å². The number of anilines is 1. The molecule has 1 heterocycles. The molecule has 0 aliphatic heterocycles. The SMILES string of the molecule is C=CCn1c(SCC(=O)Nc2cc(C(=O)OC)cc(C(=O)OC)c2)nnc1-c1ccccc1C. The molecule has 0 aliphatic rings. The molecule has 1 amide bonds. The molecule has 0 atom stereocenters. The number of aryl methyl sites for hydroxylation is 1. The van der Waals surface area contributed by atoms with Crippen molar-refractivity contribution in [1.29, 1.82) is 0 Å². The fraction of sp³-hybridized carbons (Fsp3) is 0.208. The standard InChI is InChI=1S/C24H24N4O5S/c1-5-10-28-21(19-9-7-6-8-15(19)2)26-27-24(28)34-14-20(29)25-18-12-16(22(30)32-3)11-17(13-18)23(31)33-4/h5-9,11-13H,1,10,14H2,2-4H3,(H,25,29). The molecule has 0 fully saturated rings. The number of nitrogens with one attached hydrogen (secondary N) is 1. The van der Waals surface area contributed by atoms with E-state index in [1.54, 1.807) is 6.08 Å². The summed E-state index contributed by atoms with van der Waals surface area (Å²) in [6.07, 6.45) is 1.74. The van der Waals surface area contributed by atoms with Crippen LogP contribution in [0.1, 0.15) is 26.3 Å². The Bertz CT molecular complexity index is 1200. The lowest BCUT2D eigenvalue weighted by Crippen LogP contribution is -2.16. The van der Waals surface area contributed by atoms with Crippen molar-refractivity contribution in [3.05, 3.63) is 71.8 Å². The number of carbonyl (C=O) groups excluding carboxylic acids is 3. The van der Waals surface area contributed by atoms with Crippen LogP contribution in [-0.2, 0) is 20.8 Å². The van der Waals surface area contributed by atoms with Gasteiger partial charge in [-0.15, -0.1) is 16.8 Å². The number of nitrogens with zero attached hydrogens (tertiary/aromatic N) is 3. The molecule has 176 valence electrons. The molecule has 0 aliphatic carbocycles. The summed E-state index contributed by atoms with van der Waals surface area (Å²) in [6.45, 7) is 6.27. The van der Waals surface area contributed by atoms with Gasteiger partial charge >= 0.3 is 11.9 Å². The fourth-order valence-electron chi connectivity index (χ4n) is 3.21. The lowest BCUT2D eigenvalue weighted by Gasteiger charge is -2.11. The zero-order valence-corrected chi connectivity index (χ0v) is 19.8. The van der Waals surface area contributed by atoms with Crippen molar-refractivity contribution in [2.45, 2.75) is 18.6 Å². The van der Waals surface area contributed by atoms with Crippen LogP contribution in [0.2, 0.25) is 0 Å². The number of amides is 1. The summed E-state index contributed by atoms with van der Waals surface area (Å²) in [4.78, 5) is 36.5. The first kappa shape index (κ1) is 24.7. The molecular weight excluding hydrogens is 456 g/mol. The van der Waals surface area contributed by atoms with Crippen molar-refractivity contribution >= 4 is 35.3 Å². The molecule has 1 N–H and O–H groups in total. The Morgan fingerprint density at radius 2 is 1.71 bits per heavy atom. The maximum absolute atomic E-state index is 12.6. The van der Waals surface area contributed by atoms with Gasteiger partial charge in [0.1, 0.15) is 0 Å². The number of ether oxygens (including phenoxy) is 2. The molecule has 3 rings (SSSR count). The maximum Gasteiger partial charge on any atom is 0.337 e. The number of rotatable bonds is 9. The average molecular weight is 481 g/mol. The van der Waals surface area contributed by atoms with Gasteiger partial charge in [0.15, 0.2) is 11.0 Å². The summed E-state index contributed by atoms with van der Waals surface area (Å²) in [5, 5.41) is 11.8. The number of esters is 2. The number of thioether (sulfide) groups is 1. The predicted octanol–water partition coefficient (Wildman–Crippen LogP) is 3.74. The summed E-state index contributed by atoms with van der Waals surface area (Å²) < 4.78 is 11.3. The molecular formula is C24H24N4O5S. The van der Waals surface area contributed by atoms with Crippen LogP contribution in [0.3, 0.4) is 0 Å². The molecule has 34 heavy (non-hydrogen) atoms. The number of allylic oxidation sites excluding steroid dienone is 1. The van der Waals surface area contributed by atoms with Gasteiger partial charge in [-0.3, -0.25) is 9.36 Å². The number of methoxy groups -OCH3 is 2. The van der Waals surface area contributed by atoms with E-state index in [1.807, 2.05) is 35.8 Å². The van der Waals surface area contributed by atoms with Gasteiger partial charge < -0.3 is 14.8 Å². The Balaban J connectivity index is 1.78. The van der Waals surface area contributed by atoms with Gasteiger partial charge in [0, 0.05) is 17.8 Å². The number of hydrogen-bond acceptors (Lipinski definition) is 8. The second-order valence-corrected chi connectivity index (χ2v) is 8.08. The zero-order valence-electron chi connectivity index (χ0n) is 19.0. The van der Waals surface area contributed by atoms with Crippen molar-refractivity contribution in [2.75, 3.05) is 25.3 Å². The second-order valence-electron chi connectivity index (χ2n) is 7.14. The summed E-state index contributed by atoms with van der Waals surface area (Å²) in [5.41, 5.74) is 2.50. The van der Waals surface area contributed by atoms with Gasteiger partial charge in [-0.1, -0.05) is 42.1 Å². The van der Waals surface area contributed by atoms with Crippen LogP contribution in [0.5, 0.6) is 0 Å². The number of hydrogen-bond donors (Lipinski definition) is 1.